The number of rotatable bonds is 2. The van der Waals surface area contributed by atoms with Gasteiger partial charge in [0.05, 0.1) is 30.9 Å². The van der Waals surface area contributed by atoms with Gasteiger partial charge in [-0.15, -0.1) is 0 Å². The molecule has 3 aromatic rings. The van der Waals surface area contributed by atoms with Gasteiger partial charge < -0.3 is 9.72 Å². The molecular weight excluding hydrogens is 228 g/mol. The van der Waals surface area contributed by atoms with Crippen molar-refractivity contribution in [1.29, 1.82) is 0 Å². The van der Waals surface area contributed by atoms with E-state index in [0.29, 0.717) is 0 Å². The summed E-state index contributed by atoms with van der Waals surface area (Å²) >= 11 is 0. The van der Waals surface area contributed by atoms with Gasteiger partial charge in [-0.05, 0) is 12.1 Å². The monoisotopic (exact) mass is 240 g/mol. The van der Waals surface area contributed by atoms with Crippen molar-refractivity contribution in [2.24, 2.45) is 0 Å². The minimum absolute atomic E-state index is 0.200. The summed E-state index contributed by atoms with van der Waals surface area (Å²) in [4.78, 5) is 18.8. The predicted molar refractivity (Wildman–Crippen MR) is 69.3 cm³/mol. The number of hydrogen-bond acceptors (Lipinski definition) is 3. The third-order valence-corrected chi connectivity index (χ3v) is 3.00. The van der Waals surface area contributed by atoms with Gasteiger partial charge in [0, 0.05) is 16.3 Å². The molecule has 1 aromatic carbocycles. The minimum atomic E-state index is -0.276. The average molecular weight is 240 g/mol. The number of hydrogen-bond donors (Lipinski definition) is 1. The number of esters is 1. The Morgan fingerprint density at radius 3 is 2.94 bits per heavy atom. The maximum absolute atomic E-state index is 11.2. The van der Waals surface area contributed by atoms with E-state index in [2.05, 4.69) is 20.8 Å². The van der Waals surface area contributed by atoms with Gasteiger partial charge in [0.1, 0.15) is 0 Å². The van der Waals surface area contributed by atoms with Crippen molar-refractivity contribution in [3.63, 3.8) is 0 Å². The molecule has 0 saturated heterocycles. The van der Waals surface area contributed by atoms with Crippen LogP contribution in [-0.4, -0.2) is 23.0 Å². The topological polar surface area (TPSA) is 55.0 Å². The number of pyridine rings is 1. The van der Waals surface area contributed by atoms with Crippen LogP contribution in [-0.2, 0) is 16.0 Å². The van der Waals surface area contributed by atoms with Gasteiger partial charge in [-0.1, -0.05) is 18.2 Å². The van der Waals surface area contributed by atoms with Crippen LogP contribution in [0.25, 0.3) is 21.8 Å². The first-order valence-corrected chi connectivity index (χ1v) is 5.70. The van der Waals surface area contributed by atoms with Crippen molar-refractivity contribution >= 4 is 27.8 Å². The van der Waals surface area contributed by atoms with Crippen LogP contribution in [0.2, 0.25) is 0 Å². The summed E-state index contributed by atoms with van der Waals surface area (Å²) in [6.45, 7) is 0. The molecule has 0 aliphatic rings. The molecule has 0 amide bonds. The number of aromatic nitrogens is 2. The highest BCUT2D eigenvalue weighted by Gasteiger charge is 2.08. The molecule has 90 valence electrons. The molecule has 0 aliphatic heterocycles. The van der Waals surface area contributed by atoms with Crippen molar-refractivity contribution in [3.05, 3.63) is 42.2 Å². The van der Waals surface area contributed by atoms with Crippen molar-refractivity contribution < 1.29 is 9.53 Å². The summed E-state index contributed by atoms with van der Waals surface area (Å²) < 4.78 is 4.65. The predicted octanol–water partition coefficient (Wildman–Crippen LogP) is 2.43. The zero-order valence-corrected chi connectivity index (χ0v) is 9.93. The van der Waals surface area contributed by atoms with Gasteiger partial charge in [-0.3, -0.25) is 9.78 Å². The van der Waals surface area contributed by atoms with Gasteiger partial charge in [-0.25, -0.2) is 0 Å². The van der Waals surface area contributed by atoms with Crippen LogP contribution in [0.3, 0.4) is 0 Å². The molecule has 4 heteroatoms. The first-order chi connectivity index (χ1) is 8.78. The van der Waals surface area contributed by atoms with E-state index in [1.807, 2.05) is 24.3 Å². The molecule has 0 radical (unpaired) electrons. The van der Waals surface area contributed by atoms with Gasteiger partial charge in [0.25, 0.3) is 0 Å². The highest BCUT2D eigenvalue weighted by Crippen LogP contribution is 2.25. The van der Waals surface area contributed by atoms with Crippen LogP contribution in [0.1, 0.15) is 5.69 Å². The third-order valence-electron chi connectivity index (χ3n) is 3.00. The van der Waals surface area contributed by atoms with E-state index >= 15 is 0 Å². The van der Waals surface area contributed by atoms with Crippen molar-refractivity contribution in [2.45, 2.75) is 6.42 Å². The Morgan fingerprint density at radius 2 is 2.11 bits per heavy atom. The highest BCUT2D eigenvalue weighted by molar-refractivity contribution is 6.07. The maximum Gasteiger partial charge on any atom is 0.311 e. The zero-order chi connectivity index (χ0) is 12.5. The fourth-order valence-electron chi connectivity index (χ4n) is 2.11. The first kappa shape index (κ1) is 10.8. The van der Waals surface area contributed by atoms with Gasteiger partial charge in [-0.2, -0.15) is 0 Å². The molecule has 18 heavy (non-hydrogen) atoms. The van der Waals surface area contributed by atoms with E-state index in [9.17, 15) is 4.79 Å². The lowest BCUT2D eigenvalue weighted by Gasteiger charge is -1.99. The van der Waals surface area contributed by atoms with Crippen LogP contribution in [0.4, 0.5) is 0 Å². The molecule has 0 unspecified atom stereocenters. The Kier molecular flexibility index (Phi) is 2.48. The molecule has 0 saturated carbocycles. The molecule has 0 atom stereocenters. The van der Waals surface area contributed by atoms with Crippen LogP contribution in [0.5, 0.6) is 0 Å². The second-order valence-electron chi connectivity index (χ2n) is 4.14. The Bertz CT molecular complexity index is 731. The Morgan fingerprint density at radius 1 is 1.28 bits per heavy atom. The van der Waals surface area contributed by atoms with E-state index < -0.39 is 0 Å². The average Bonchev–Trinajstić information content (AvgIpc) is 2.77. The lowest BCUT2D eigenvalue weighted by atomic mass is 10.1. The van der Waals surface area contributed by atoms with E-state index in [4.69, 9.17) is 0 Å². The van der Waals surface area contributed by atoms with Gasteiger partial charge in [0.2, 0.25) is 0 Å². The van der Waals surface area contributed by atoms with E-state index in [1.54, 1.807) is 6.20 Å². The second-order valence-corrected chi connectivity index (χ2v) is 4.14. The standard InChI is InChI=1S/C14H12N2O2/c1-18-14(17)7-9-6-11-10-4-2-3-5-12(10)16-13(11)8-15-9/h2-6,8,16H,7H2,1H3. The molecule has 4 nitrogen and oxygen atoms in total. The van der Waals surface area contributed by atoms with Crippen LogP contribution < -0.4 is 0 Å². The molecule has 0 bridgehead atoms. The van der Waals surface area contributed by atoms with Gasteiger partial charge in [0.15, 0.2) is 0 Å². The van der Waals surface area contributed by atoms with Gasteiger partial charge >= 0.3 is 5.97 Å². The molecule has 0 fully saturated rings. The fraction of sp³-hybridized carbons (Fsp3) is 0.143. The Labute approximate surface area is 104 Å². The second kappa shape index (κ2) is 4.14. The van der Waals surface area contributed by atoms with Crippen molar-refractivity contribution in [3.8, 4) is 0 Å². The summed E-state index contributed by atoms with van der Waals surface area (Å²) in [6.07, 6.45) is 1.96. The number of aromatic amines is 1. The Balaban J connectivity index is 2.15. The van der Waals surface area contributed by atoms with Crippen LogP contribution in [0, 0.1) is 0 Å². The molecule has 0 aliphatic carbocycles. The lowest BCUT2D eigenvalue weighted by molar-refractivity contribution is -0.139. The largest absolute Gasteiger partial charge is 0.469 e. The molecule has 2 heterocycles. The Hall–Kier alpha value is -2.36. The minimum Gasteiger partial charge on any atom is -0.469 e. The summed E-state index contributed by atoms with van der Waals surface area (Å²) in [6, 6.07) is 9.99. The molecule has 1 N–H and O–H groups in total. The normalized spacial score (nSPS) is 10.9. The summed E-state index contributed by atoms with van der Waals surface area (Å²) in [5.41, 5.74) is 2.77. The van der Waals surface area contributed by atoms with Crippen molar-refractivity contribution in [2.75, 3.05) is 7.11 Å². The molecule has 2 aromatic heterocycles. The van der Waals surface area contributed by atoms with Crippen LogP contribution >= 0.6 is 0 Å². The van der Waals surface area contributed by atoms with E-state index in [1.165, 1.54) is 7.11 Å². The maximum atomic E-state index is 11.2. The number of nitrogens with zero attached hydrogens (tertiary/aromatic N) is 1. The van der Waals surface area contributed by atoms with E-state index in [0.717, 1.165) is 27.5 Å². The number of benzene rings is 1. The zero-order valence-electron chi connectivity index (χ0n) is 9.93. The number of H-pyrrole nitrogens is 1. The summed E-state index contributed by atoms with van der Waals surface area (Å²) in [5, 5.41) is 2.22. The number of fused-ring (bicyclic) bond motifs is 3. The number of para-hydroxylation sites is 1. The lowest BCUT2D eigenvalue weighted by Crippen LogP contribution is -2.05. The SMILES string of the molecule is COC(=O)Cc1cc2c(cn1)[nH]c1ccccc12. The quantitative estimate of drug-likeness (QED) is 0.700. The fourth-order valence-corrected chi connectivity index (χ4v) is 2.11. The number of methoxy groups -OCH3 is 1. The number of nitrogens with one attached hydrogen (secondary N) is 1. The third kappa shape index (κ3) is 1.72. The highest BCUT2D eigenvalue weighted by atomic mass is 16.5. The molecular formula is C14H12N2O2. The molecule has 3 rings (SSSR count). The first-order valence-electron chi connectivity index (χ1n) is 5.70. The number of ether oxygens (including phenoxy) is 1. The molecule has 0 spiro atoms. The van der Waals surface area contributed by atoms with E-state index in [-0.39, 0.29) is 12.4 Å². The number of carbonyl (C=O) groups is 1. The number of carbonyl (C=O) groups excluding carboxylic acids is 1. The van der Waals surface area contributed by atoms with Crippen LogP contribution in [0.15, 0.2) is 36.5 Å². The summed E-state index contributed by atoms with van der Waals surface area (Å²) in [5.74, 6) is -0.276. The summed E-state index contributed by atoms with van der Waals surface area (Å²) in [7, 11) is 1.38. The van der Waals surface area contributed by atoms with Crippen molar-refractivity contribution in [1.82, 2.24) is 9.97 Å². The smallest absolute Gasteiger partial charge is 0.311 e.